The predicted molar refractivity (Wildman–Crippen MR) is 347 cm³/mol. The van der Waals surface area contributed by atoms with Crippen molar-refractivity contribution in [2.24, 2.45) is 5.73 Å². The van der Waals surface area contributed by atoms with E-state index in [1.54, 1.807) is 18.6 Å². The van der Waals surface area contributed by atoms with Crippen LogP contribution in [0.4, 0.5) is 0 Å². The number of Topliss-reactive ketones (excluding diaryl/α,β-unsaturated/α-hetero) is 2. The van der Waals surface area contributed by atoms with E-state index in [1.165, 1.54) is 12.8 Å². The molecule has 3 N–H and O–H groups in total. The van der Waals surface area contributed by atoms with Crippen molar-refractivity contribution < 1.29 is 19.4 Å². The highest BCUT2D eigenvalue weighted by molar-refractivity contribution is 6.03. The zero-order valence-electron chi connectivity index (χ0n) is 46.9. The summed E-state index contributed by atoms with van der Waals surface area (Å²) in [6.45, 7) is 16.1. The number of aryl methyl sites for hydroxylation is 1. The number of nitrogens with zero attached hydrogens (tertiary/aromatic N) is 5. The van der Waals surface area contributed by atoms with Crippen molar-refractivity contribution in [3.8, 4) is 0 Å². The van der Waals surface area contributed by atoms with Crippen molar-refractivity contribution in [3.05, 3.63) is 294 Å². The van der Waals surface area contributed by atoms with Crippen molar-refractivity contribution in [2.45, 2.75) is 132 Å². The highest BCUT2D eigenvalue weighted by Crippen LogP contribution is 2.34. The topological polar surface area (TPSA) is 154 Å². The van der Waals surface area contributed by atoms with Crippen LogP contribution in [0.25, 0.3) is 0 Å². The van der Waals surface area contributed by atoms with Crippen molar-refractivity contribution in [1.82, 2.24) is 24.9 Å². The Hall–Kier alpha value is -8.15. The maximum Gasteiger partial charge on any atom is 0.174 e. The molecule has 1 saturated heterocycles. The number of aliphatic hydroxyl groups excluding tert-OH is 1. The molecular weight excluding hydrogens is 1020 g/mol. The second-order valence-corrected chi connectivity index (χ2v) is 20.0. The molecule has 10 heteroatoms. The number of ether oxygens (including phenoxy) is 1. The van der Waals surface area contributed by atoms with Crippen LogP contribution in [-0.2, 0) is 22.0 Å². The number of rotatable bonds is 13. The zero-order valence-corrected chi connectivity index (χ0v) is 46.9. The van der Waals surface area contributed by atoms with E-state index in [4.69, 9.17) is 10.5 Å². The quantitative estimate of drug-likeness (QED) is 0.107. The summed E-state index contributed by atoms with van der Waals surface area (Å²) in [5.74, 6) is 0.0169. The molecule has 4 aromatic carbocycles. The Labute approximate surface area is 498 Å². The van der Waals surface area contributed by atoms with Gasteiger partial charge in [0.15, 0.2) is 11.6 Å². The fourth-order valence-electron chi connectivity index (χ4n) is 8.26. The summed E-state index contributed by atoms with van der Waals surface area (Å²) in [4.78, 5) is 45.8. The van der Waals surface area contributed by atoms with Gasteiger partial charge in [0, 0.05) is 89.8 Å². The van der Waals surface area contributed by atoms with Crippen LogP contribution in [0, 0.1) is 0 Å². The smallest absolute Gasteiger partial charge is 0.174 e. The van der Waals surface area contributed by atoms with Crippen molar-refractivity contribution in [3.63, 3.8) is 0 Å². The average molecular weight is 1120 g/mol. The summed E-state index contributed by atoms with van der Waals surface area (Å²) in [5, 5.41) is 10.2. The molecule has 1 fully saturated rings. The molecule has 4 atom stereocenters. The van der Waals surface area contributed by atoms with Gasteiger partial charge in [0.25, 0.3) is 0 Å². The number of pyridine rings is 5. The molecule has 10 rings (SSSR count). The summed E-state index contributed by atoms with van der Waals surface area (Å²) < 4.78 is 4.94. The van der Waals surface area contributed by atoms with Gasteiger partial charge in [0.1, 0.15) is 0 Å². The van der Waals surface area contributed by atoms with Crippen LogP contribution in [-0.4, -0.2) is 54.8 Å². The SMILES string of the molecule is C.C.C.C.C1CCOC1.CC(C(=O)c1ccccc1)c1ccccn1.CC(C)(C(=O)c1ccccc1)c1ccccn1.CC(C)(c1ccccn1)C(N)c1ccccc1.CC(c1ccccn1)C(O)c1ccccc1.CCc1ccccn1. The molecule has 1 aliphatic rings. The number of aromatic nitrogens is 5. The standard InChI is InChI=1S/C15H18N2.C15H15NO.C14H15NO.C14H13NO.C7H9N.C4H8O.4CH4/c1-15(2,13-10-6-7-11-17-13)14(16)12-8-4-3-5-9-12;1-15(2,13-10-6-7-11-16-13)14(17)12-8-4-3-5-9-12;2*1-11(13-9-5-6-10-15-13)14(16)12-7-3-2-4-8-12;1-2-7-5-3-4-6-8-7;1-2-4-5-3-1;;;;/h3-11,14H,16H2,1-2H3;3-11H,1-2H3;2-11,14,16H,1H3;2-11H,1H3;3-6H,2H2,1H3;1-4H2;4*1H4. The first-order valence-corrected chi connectivity index (χ1v) is 27.1. The van der Waals surface area contributed by atoms with Crippen LogP contribution in [0.5, 0.6) is 0 Å². The zero-order chi connectivity index (χ0) is 56.7. The van der Waals surface area contributed by atoms with Gasteiger partial charge in [-0.25, -0.2) is 0 Å². The minimum atomic E-state index is -0.595. The lowest BCUT2D eigenvalue weighted by atomic mass is 9.78. The fraction of sp³-hybridized carbons (Fsp3) is 0.301. The average Bonchev–Trinajstić information content (AvgIpc) is 4.22. The van der Waals surface area contributed by atoms with Gasteiger partial charge in [-0.3, -0.25) is 34.5 Å². The van der Waals surface area contributed by atoms with E-state index in [9.17, 15) is 14.7 Å². The van der Waals surface area contributed by atoms with Gasteiger partial charge in [-0.05, 0) is 112 Å². The Morgan fingerprint density at radius 2 is 0.892 bits per heavy atom. The Balaban J connectivity index is 0.000000508. The highest BCUT2D eigenvalue weighted by Gasteiger charge is 2.32. The molecule has 0 aliphatic carbocycles. The molecule has 1 aliphatic heterocycles. The third-order valence-electron chi connectivity index (χ3n) is 13.4. The third kappa shape index (κ3) is 23.7. The third-order valence-corrected chi connectivity index (χ3v) is 13.4. The summed E-state index contributed by atoms with van der Waals surface area (Å²) in [6, 6.07) is 67.4. The summed E-state index contributed by atoms with van der Waals surface area (Å²) in [6.07, 6.45) is 11.9. The number of aliphatic hydroxyl groups is 1. The Kier molecular flexibility index (Phi) is 34.5. The number of nitrogens with two attached hydrogens (primary N) is 1. The molecular formula is C73H94N6O4. The molecule has 5 aromatic heterocycles. The lowest BCUT2D eigenvalue weighted by Crippen LogP contribution is -2.33. The molecule has 0 bridgehead atoms. The molecule has 0 amide bonds. The van der Waals surface area contributed by atoms with Crippen LogP contribution >= 0.6 is 0 Å². The van der Waals surface area contributed by atoms with Gasteiger partial charge < -0.3 is 15.6 Å². The molecule has 10 nitrogen and oxygen atoms in total. The molecule has 440 valence electrons. The highest BCUT2D eigenvalue weighted by atomic mass is 16.5. The maximum absolute atomic E-state index is 12.4. The fourth-order valence-corrected chi connectivity index (χ4v) is 8.26. The van der Waals surface area contributed by atoms with Crippen LogP contribution in [0.2, 0.25) is 0 Å². The summed E-state index contributed by atoms with van der Waals surface area (Å²) >= 11 is 0. The van der Waals surface area contributed by atoms with Gasteiger partial charge in [0.2, 0.25) is 0 Å². The first kappa shape index (κ1) is 72.9. The number of ketones is 2. The van der Waals surface area contributed by atoms with Crippen LogP contribution in [0.15, 0.2) is 243 Å². The second-order valence-electron chi connectivity index (χ2n) is 20.0. The van der Waals surface area contributed by atoms with Crippen LogP contribution in [0.1, 0.15) is 175 Å². The summed E-state index contributed by atoms with van der Waals surface area (Å²) in [5.41, 5.74) is 13.8. The summed E-state index contributed by atoms with van der Waals surface area (Å²) in [7, 11) is 0. The Morgan fingerprint density at radius 1 is 0.494 bits per heavy atom. The lowest BCUT2D eigenvalue weighted by molar-refractivity contribution is 0.0905. The lowest BCUT2D eigenvalue weighted by Gasteiger charge is -2.31. The number of benzene rings is 4. The van der Waals surface area contributed by atoms with Crippen LogP contribution in [0.3, 0.4) is 0 Å². The molecule has 9 aromatic rings. The number of carbonyl (C=O) groups excluding carboxylic acids is 2. The molecule has 0 spiro atoms. The minimum Gasteiger partial charge on any atom is -0.388 e. The second kappa shape index (κ2) is 39.3. The van der Waals surface area contributed by atoms with Gasteiger partial charge in [-0.15, -0.1) is 0 Å². The molecule has 6 heterocycles. The predicted octanol–water partition coefficient (Wildman–Crippen LogP) is 17.3. The normalized spacial score (nSPS) is 12.4. The van der Waals surface area contributed by atoms with E-state index in [-0.39, 0.29) is 64.6 Å². The Bertz CT molecular complexity index is 2980. The van der Waals surface area contributed by atoms with E-state index in [2.05, 4.69) is 57.8 Å². The van der Waals surface area contributed by atoms with Crippen molar-refractivity contribution in [2.75, 3.05) is 13.2 Å². The van der Waals surface area contributed by atoms with Gasteiger partial charge >= 0.3 is 0 Å². The van der Waals surface area contributed by atoms with E-state index < -0.39 is 11.5 Å². The van der Waals surface area contributed by atoms with Crippen LogP contribution < -0.4 is 5.73 Å². The Morgan fingerprint density at radius 3 is 1.29 bits per heavy atom. The van der Waals surface area contributed by atoms with Crippen molar-refractivity contribution in [1.29, 1.82) is 0 Å². The van der Waals surface area contributed by atoms with E-state index in [0.29, 0.717) is 0 Å². The van der Waals surface area contributed by atoms with E-state index >= 15 is 0 Å². The number of carbonyl (C=O) groups is 2. The van der Waals surface area contributed by atoms with Gasteiger partial charge in [-0.2, -0.15) is 0 Å². The first-order valence-electron chi connectivity index (χ1n) is 27.1. The van der Waals surface area contributed by atoms with Crippen molar-refractivity contribution >= 4 is 11.6 Å². The molecule has 0 radical (unpaired) electrons. The van der Waals surface area contributed by atoms with E-state index in [0.717, 1.165) is 70.4 Å². The maximum atomic E-state index is 12.4. The number of hydrogen-bond acceptors (Lipinski definition) is 10. The number of hydrogen-bond donors (Lipinski definition) is 2. The molecule has 0 saturated carbocycles. The first-order chi connectivity index (χ1) is 38.2. The monoisotopic (exact) mass is 1120 g/mol. The molecule has 83 heavy (non-hydrogen) atoms. The largest absolute Gasteiger partial charge is 0.388 e. The van der Waals surface area contributed by atoms with Gasteiger partial charge in [-0.1, -0.05) is 209 Å². The van der Waals surface area contributed by atoms with E-state index in [1.807, 2.05) is 240 Å². The van der Waals surface area contributed by atoms with Gasteiger partial charge in [0.05, 0.1) is 28.8 Å². The molecule has 4 unspecified atom stereocenters. The minimum absolute atomic E-state index is 0.